The molecule has 0 aliphatic carbocycles. The Kier molecular flexibility index (Phi) is 4.19. The standard InChI is InChI=1S/C12H6ClF3INO/c13-11-10(17)5-8(6-18-11)7-2-1-3-9(4-7)19-12(14,15)16/h1-6H. The van der Waals surface area contributed by atoms with E-state index in [1.165, 1.54) is 24.4 Å². The van der Waals surface area contributed by atoms with E-state index < -0.39 is 6.36 Å². The minimum absolute atomic E-state index is 0.269. The molecule has 100 valence electrons. The molecule has 0 atom stereocenters. The first-order valence-electron chi connectivity index (χ1n) is 5.02. The fourth-order valence-electron chi connectivity index (χ4n) is 1.45. The summed E-state index contributed by atoms with van der Waals surface area (Å²) in [5.41, 5.74) is 1.24. The van der Waals surface area contributed by atoms with Gasteiger partial charge in [-0.3, -0.25) is 0 Å². The first kappa shape index (κ1) is 14.4. The molecule has 2 rings (SSSR count). The third kappa shape index (κ3) is 3.97. The molecular weight excluding hydrogens is 393 g/mol. The summed E-state index contributed by atoms with van der Waals surface area (Å²) in [5.74, 6) is -0.269. The topological polar surface area (TPSA) is 22.1 Å². The lowest BCUT2D eigenvalue weighted by molar-refractivity contribution is -0.274. The van der Waals surface area contributed by atoms with Crippen LogP contribution in [-0.4, -0.2) is 11.3 Å². The Morgan fingerprint density at radius 2 is 1.89 bits per heavy atom. The number of alkyl halides is 3. The average molecular weight is 400 g/mol. The van der Waals surface area contributed by atoms with E-state index in [2.05, 4.69) is 9.72 Å². The Balaban J connectivity index is 2.35. The Labute approximate surface area is 125 Å². The molecule has 0 N–H and O–H groups in total. The summed E-state index contributed by atoms with van der Waals surface area (Å²) in [4.78, 5) is 3.95. The highest BCUT2D eigenvalue weighted by Crippen LogP contribution is 2.29. The first-order chi connectivity index (χ1) is 8.85. The van der Waals surface area contributed by atoms with Gasteiger partial charge < -0.3 is 4.74 Å². The summed E-state index contributed by atoms with van der Waals surface area (Å²) < 4.78 is 41.0. The number of benzene rings is 1. The van der Waals surface area contributed by atoms with Crippen molar-refractivity contribution in [3.63, 3.8) is 0 Å². The maximum Gasteiger partial charge on any atom is 0.573 e. The summed E-state index contributed by atoms with van der Waals surface area (Å²) in [5, 5.41) is 0.354. The van der Waals surface area contributed by atoms with Gasteiger partial charge >= 0.3 is 6.36 Å². The normalized spacial score (nSPS) is 11.4. The molecule has 19 heavy (non-hydrogen) atoms. The molecule has 0 fully saturated rings. The molecule has 0 saturated carbocycles. The smallest absolute Gasteiger partial charge is 0.406 e. The third-order valence-electron chi connectivity index (χ3n) is 2.20. The van der Waals surface area contributed by atoms with Gasteiger partial charge in [0.25, 0.3) is 0 Å². The number of pyridine rings is 1. The van der Waals surface area contributed by atoms with E-state index in [4.69, 9.17) is 11.6 Å². The first-order valence-corrected chi connectivity index (χ1v) is 6.48. The quantitative estimate of drug-likeness (QED) is 0.529. The monoisotopic (exact) mass is 399 g/mol. The van der Waals surface area contributed by atoms with Gasteiger partial charge in [-0.2, -0.15) is 0 Å². The second-order valence-corrected chi connectivity index (χ2v) is 5.09. The molecule has 1 aromatic heterocycles. The van der Waals surface area contributed by atoms with Gasteiger partial charge in [-0.15, -0.1) is 13.2 Å². The molecule has 0 bridgehead atoms. The van der Waals surface area contributed by atoms with Crippen LogP contribution in [0.25, 0.3) is 11.1 Å². The number of aromatic nitrogens is 1. The van der Waals surface area contributed by atoms with Gasteiger partial charge in [-0.25, -0.2) is 4.98 Å². The second kappa shape index (κ2) is 5.54. The lowest BCUT2D eigenvalue weighted by atomic mass is 10.1. The SMILES string of the molecule is FC(F)(F)Oc1cccc(-c2cnc(Cl)c(I)c2)c1. The van der Waals surface area contributed by atoms with E-state index in [1.54, 1.807) is 12.1 Å². The Hall–Kier alpha value is -1.02. The van der Waals surface area contributed by atoms with Crippen molar-refractivity contribution >= 4 is 34.2 Å². The number of nitrogens with zero attached hydrogens (tertiary/aromatic N) is 1. The zero-order chi connectivity index (χ0) is 14.0. The molecule has 0 aliphatic rings. The molecule has 2 aromatic rings. The maximum atomic E-state index is 12.1. The van der Waals surface area contributed by atoms with E-state index in [-0.39, 0.29) is 5.75 Å². The summed E-state index contributed by atoms with van der Waals surface area (Å²) in [6.45, 7) is 0. The van der Waals surface area contributed by atoms with Crippen molar-refractivity contribution in [3.05, 3.63) is 45.3 Å². The summed E-state index contributed by atoms with van der Waals surface area (Å²) in [6.07, 6.45) is -3.21. The number of halogens is 5. The van der Waals surface area contributed by atoms with E-state index in [9.17, 15) is 13.2 Å². The van der Waals surface area contributed by atoms with Crippen LogP contribution in [0, 0.1) is 3.57 Å². The summed E-state index contributed by atoms with van der Waals surface area (Å²) in [7, 11) is 0. The Bertz CT molecular complexity index is 604. The van der Waals surface area contributed by atoms with E-state index in [0.29, 0.717) is 16.3 Å². The zero-order valence-electron chi connectivity index (χ0n) is 9.21. The maximum absolute atomic E-state index is 12.1. The predicted molar refractivity (Wildman–Crippen MR) is 74.1 cm³/mol. The Morgan fingerprint density at radius 3 is 2.53 bits per heavy atom. The minimum Gasteiger partial charge on any atom is -0.406 e. The zero-order valence-corrected chi connectivity index (χ0v) is 12.1. The fourth-order valence-corrected chi connectivity index (χ4v) is 2.03. The van der Waals surface area contributed by atoms with Crippen LogP contribution in [0.15, 0.2) is 36.5 Å². The molecule has 0 unspecified atom stereocenters. The van der Waals surface area contributed by atoms with Crippen molar-refractivity contribution in [2.45, 2.75) is 6.36 Å². The number of rotatable bonds is 2. The molecule has 1 aromatic carbocycles. The van der Waals surface area contributed by atoms with Crippen molar-refractivity contribution in [1.29, 1.82) is 0 Å². The molecule has 0 spiro atoms. The summed E-state index contributed by atoms with van der Waals surface area (Å²) in [6, 6.07) is 7.44. The largest absolute Gasteiger partial charge is 0.573 e. The number of hydrogen-bond donors (Lipinski definition) is 0. The third-order valence-corrected chi connectivity index (χ3v) is 3.64. The predicted octanol–water partition coefficient (Wildman–Crippen LogP) is 4.91. The van der Waals surface area contributed by atoms with Crippen LogP contribution in [0.2, 0.25) is 5.15 Å². The molecular formula is C12H6ClF3INO. The van der Waals surface area contributed by atoms with Crippen molar-refractivity contribution in [2.75, 3.05) is 0 Å². The van der Waals surface area contributed by atoms with Crippen LogP contribution in [0.5, 0.6) is 5.75 Å². The highest BCUT2D eigenvalue weighted by Gasteiger charge is 2.31. The van der Waals surface area contributed by atoms with Crippen molar-refractivity contribution in [2.24, 2.45) is 0 Å². The molecule has 0 amide bonds. The van der Waals surface area contributed by atoms with Crippen LogP contribution < -0.4 is 4.74 Å². The van der Waals surface area contributed by atoms with Crippen molar-refractivity contribution < 1.29 is 17.9 Å². The van der Waals surface area contributed by atoms with Crippen molar-refractivity contribution in [3.8, 4) is 16.9 Å². The lowest BCUT2D eigenvalue weighted by Gasteiger charge is -2.10. The molecule has 0 saturated heterocycles. The Morgan fingerprint density at radius 1 is 1.16 bits per heavy atom. The van der Waals surface area contributed by atoms with Gasteiger partial charge in [0.2, 0.25) is 0 Å². The van der Waals surface area contributed by atoms with Crippen LogP contribution in [0.1, 0.15) is 0 Å². The molecule has 2 nitrogen and oxygen atoms in total. The molecule has 7 heteroatoms. The fraction of sp³-hybridized carbons (Fsp3) is 0.0833. The highest BCUT2D eigenvalue weighted by molar-refractivity contribution is 14.1. The lowest BCUT2D eigenvalue weighted by Crippen LogP contribution is -2.17. The van der Waals surface area contributed by atoms with Gasteiger partial charge in [-0.1, -0.05) is 23.7 Å². The van der Waals surface area contributed by atoms with E-state index >= 15 is 0 Å². The molecule has 0 aliphatic heterocycles. The van der Waals surface area contributed by atoms with Crippen LogP contribution in [0.3, 0.4) is 0 Å². The van der Waals surface area contributed by atoms with Gasteiger partial charge in [0, 0.05) is 11.8 Å². The number of ether oxygens (including phenoxy) is 1. The summed E-state index contributed by atoms with van der Waals surface area (Å²) >= 11 is 7.80. The van der Waals surface area contributed by atoms with E-state index in [0.717, 1.165) is 3.57 Å². The van der Waals surface area contributed by atoms with Gasteiger partial charge in [-0.05, 0) is 46.4 Å². The van der Waals surface area contributed by atoms with E-state index in [1.807, 2.05) is 22.6 Å². The molecule has 0 radical (unpaired) electrons. The van der Waals surface area contributed by atoms with Crippen molar-refractivity contribution in [1.82, 2.24) is 4.98 Å². The average Bonchev–Trinajstić information content (AvgIpc) is 2.31. The van der Waals surface area contributed by atoms with Gasteiger partial charge in [0.15, 0.2) is 0 Å². The van der Waals surface area contributed by atoms with Crippen LogP contribution in [0.4, 0.5) is 13.2 Å². The molecule has 1 heterocycles. The van der Waals surface area contributed by atoms with Gasteiger partial charge in [0.1, 0.15) is 10.9 Å². The number of hydrogen-bond acceptors (Lipinski definition) is 2. The minimum atomic E-state index is -4.70. The highest BCUT2D eigenvalue weighted by atomic mass is 127. The second-order valence-electron chi connectivity index (χ2n) is 3.57. The van der Waals surface area contributed by atoms with Crippen LogP contribution >= 0.6 is 34.2 Å². The van der Waals surface area contributed by atoms with Crippen LogP contribution in [-0.2, 0) is 0 Å². The van der Waals surface area contributed by atoms with Gasteiger partial charge in [0.05, 0.1) is 3.57 Å².